The van der Waals surface area contributed by atoms with Gasteiger partial charge < -0.3 is 10.0 Å². The number of benzene rings is 1. The summed E-state index contributed by atoms with van der Waals surface area (Å²) < 4.78 is 12.8. The predicted molar refractivity (Wildman–Crippen MR) is 51.5 cm³/mol. The summed E-state index contributed by atoms with van der Waals surface area (Å²) >= 11 is 0. The highest BCUT2D eigenvalue weighted by Crippen LogP contribution is 2.10. The highest BCUT2D eigenvalue weighted by atomic mass is 19.1. The average Bonchev–Trinajstić information content (AvgIpc) is 2.16. The van der Waals surface area contributed by atoms with E-state index in [-0.39, 0.29) is 5.82 Å². The van der Waals surface area contributed by atoms with Gasteiger partial charge in [-0.2, -0.15) is 0 Å². The topological polar surface area (TPSA) is 53.4 Å². The quantitative estimate of drug-likeness (QED) is 0.626. The molecule has 0 aliphatic heterocycles. The van der Waals surface area contributed by atoms with E-state index in [2.05, 4.69) is 4.98 Å². The Bertz CT molecular complexity index is 475. The van der Waals surface area contributed by atoms with Crippen molar-refractivity contribution in [1.82, 2.24) is 4.98 Å². The molecular formula is C9H7BFNO2. The number of halogens is 1. The molecule has 0 spiro atoms. The first-order valence-corrected chi connectivity index (χ1v) is 4.08. The van der Waals surface area contributed by atoms with Crippen LogP contribution in [0.3, 0.4) is 0 Å². The van der Waals surface area contributed by atoms with E-state index in [4.69, 9.17) is 10.0 Å². The van der Waals surface area contributed by atoms with Gasteiger partial charge in [0.15, 0.2) is 0 Å². The summed E-state index contributed by atoms with van der Waals surface area (Å²) in [4.78, 5) is 3.90. The summed E-state index contributed by atoms with van der Waals surface area (Å²) in [6.07, 6.45) is 1.31. The highest BCUT2D eigenvalue weighted by Gasteiger charge is 2.11. The van der Waals surface area contributed by atoms with Crippen molar-refractivity contribution in [2.75, 3.05) is 0 Å². The largest absolute Gasteiger partial charge is 0.490 e. The Morgan fingerprint density at radius 3 is 2.71 bits per heavy atom. The summed E-state index contributed by atoms with van der Waals surface area (Å²) in [5.41, 5.74) is 0.790. The van der Waals surface area contributed by atoms with E-state index in [1.165, 1.54) is 18.3 Å². The van der Waals surface area contributed by atoms with E-state index in [1.807, 2.05) is 0 Å². The maximum atomic E-state index is 12.8. The fourth-order valence-corrected chi connectivity index (χ4v) is 1.25. The predicted octanol–water partition coefficient (Wildman–Crippen LogP) is 0.0537. The third-order valence-electron chi connectivity index (χ3n) is 1.97. The molecule has 0 saturated heterocycles. The zero-order valence-electron chi connectivity index (χ0n) is 7.18. The maximum Gasteiger partial charge on any atom is 0.490 e. The van der Waals surface area contributed by atoms with Crippen molar-refractivity contribution in [3.05, 3.63) is 36.3 Å². The summed E-state index contributed by atoms with van der Waals surface area (Å²) in [5.74, 6) is -0.359. The van der Waals surface area contributed by atoms with Crippen molar-refractivity contribution in [3.8, 4) is 0 Å². The van der Waals surface area contributed by atoms with Gasteiger partial charge in [-0.25, -0.2) is 4.39 Å². The standard InChI is InChI=1S/C9H7BFNO2/c11-8-2-1-6-3-7(10(13)14)5-12-9(6)4-8/h1-5,13-14H. The van der Waals surface area contributed by atoms with Crippen LogP contribution in [0.4, 0.5) is 4.39 Å². The number of hydrogen-bond donors (Lipinski definition) is 2. The van der Waals surface area contributed by atoms with Gasteiger partial charge in [-0.15, -0.1) is 0 Å². The van der Waals surface area contributed by atoms with Crippen LogP contribution in [0, 0.1) is 5.82 Å². The van der Waals surface area contributed by atoms with Crippen LogP contribution >= 0.6 is 0 Å². The van der Waals surface area contributed by atoms with Gasteiger partial charge in [0.05, 0.1) is 5.52 Å². The average molecular weight is 191 g/mol. The molecule has 1 aromatic heterocycles. The van der Waals surface area contributed by atoms with Crippen LogP contribution < -0.4 is 5.46 Å². The minimum absolute atomic E-state index is 0.295. The fourth-order valence-electron chi connectivity index (χ4n) is 1.25. The zero-order chi connectivity index (χ0) is 10.1. The molecule has 70 valence electrons. The molecule has 0 aliphatic rings. The number of hydrogen-bond acceptors (Lipinski definition) is 3. The lowest BCUT2D eigenvalue weighted by Crippen LogP contribution is -2.29. The Morgan fingerprint density at radius 1 is 1.21 bits per heavy atom. The number of fused-ring (bicyclic) bond motifs is 1. The van der Waals surface area contributed by atoms with Crippen molar-refractivity contribution < 1.29 is 14.4 Å². The minimum Gasteiger partial charge on any atom is -0.423 e. The lowest BCUT2D eigenvalue weighted by molar-refractivity contribution is 0.425. The Balaban J connectivity index is 2.62. The molecule has 0 bridgehead atoms. The van der Waals surface area contributed by atoms with E-state index in [0.29, 0.717) is 16.4 Å². The molecule has 2 aromatic rings. The second kappa shape index (κ2) is 3.36. The third-order valence-corrected chi connectivity index (χ3v) is 1.97. The molecule has 1 aromatic carbocycles. The first-order chi connectivity index (χ1) is 6.66. The molecule has 14 heavy (non-hydrogen) atoms. The SMILES string of the molecule is OB(O)c1cnc2cc(F)ccc2c1. The van der Waals surface area contributed by atoms with E-state index < -0.39 is 7.12 Å². The van der Waals surface area contributed by atoms with Crippen LogP contribution in [0.15, 0.2) is 30.5 Å². The van der Waals surface area contributed by atoms with Gasteiger partial charge in [0.25, 0.3) is 0 Å². The second-order valence-corrected chi connectivity index (χ2v) is 2.98. The number of pyridine rings is 1. The van der Waals surface area contributed by atoms with Gasteiger partial charge in [-0.1, -0.05) is 6.07 Å². The third kappa shape index (κ3) is 1.59. The molecule has 5 heteroatoms. The van der Waals surface area contributed by atoms with Crippen molar-refractivity contribution in [1.29, 1.82) is 0 Å². The number of rotatable bonds is 1. The van der Waals surface area contributed by atoms with Gasteiger partial charge in [0, 0.05) is 23.1 Å². The molecule has 2 rings (SSSR count). The lowest BCUT2D eigenvalue weighted by Gasteiger charge is -2.01. The van der Waals surface area contributed by atoms with E-state index in [0.717, 1.165) is 0 Å². The molecule has 0 fully saturated rings. The van der Waals surface area contributed by atoms with Crippen molar-refractivity contribution >= 4 is 23.5 Å². The first-order valence-electron chi connectivity index (χ1n) is 4.08. The van der Waals surface area contributed by atoms with Gasteiger partial charge >= 0.3 is 7.12 Å². The van der Waals surface area contributed by atoms with E-state index in [9.17, 15) is 4.39 Å². The van der Waals surface area contributed by atoms with E-state index >= 15 is 0 Å². The Labute approximate surface area is 80.0 Å². The van der Waals surface area contributed by atoms with Gasteiger partial charge in [-0.05, 0) is 12.1 Å². The molecule has 0 atom stereocenters. The smallest absolute Gasteiger partial charge is 0.423 e. The lowest BCUT2D eigenvalue weighted by atomic mass is 9.81. The molecule has 0 aliphatic carbocycles. The maximum absolute atomic E-state index is 12.8. The van der Waals surface area contributed by atoms with Gasteiger partial charge in [0.1, 0.15) is 5.82 Å². The summed E-state index contributed by atoms with van der Waals surface area (Å²) in [5, 5.41) is 18.4. The highest BCUT2D eigenvalue weighted by molar-refractivity contribution is 6.58. The molecule has 3 nitrogen and oxygen atoms in total. The van der Waals surface area contributed by atoms with Crippen LogP contribution in [0.5, 0.6) is 0 Å². The van der Waals surface area contributed by atoms with Crippen molar-refractivity contribution in [2.24, 2.45) is 0 Å². The van der Waals surface area contributed by atoms with Crippen LogP contribution in [-0.2, 0) is 0 Å². The molecule has 0 amide bonds. The Kier molecular flexibility index (Phi) is 2.19. The van der Waals surface area contributed by atoms with Gasteiger partial charge in [0.2, 0.25) is 0 Å². The first kappa shape index (κ1) is 9.11. The van der Waals surface area contributed by atoms with Gasteiger partial charge in [-0.3, -0.25) is 4.98 Å². The van der Waals surface area contributed by atoms with Crippen LogP contribution in [-0.4, -0.2) is 22.2 Å². The van der Waals surface area contributed by atoms with Crippen molar-refractivity contribution in [2.45, 2.75) is 0 Å². The molecule has 0 unspecified atom stereocenters. The summed E-state index contributed by atoms with van der Waals surface area (Å²) in [6.45, 7) is 0. The summed E-state index contributed by atoms with van der Waals surface area (Å²) in [7, 11) is -1.54. The summed E-state index contributed by atoms with van der Waals surface area (Å²) in [6, 6.07) is 5.70. The molecule has 2 N–H and O–H groups in total. The van der Waals surface area contributed by atoms with E-state index in [1.54, 1.807) is 12.1 Å². The monoisotopic (exact) mass is 191 g/mol. The minimum atomic E-state index is -1.54. The van der Waals surface area contributed by atoms with Crippen LogP contribution in [0.1, 0.15) is 0 Å². The Morgan fingerprint density at radius 2 is 2.00 bits per heavy atom. The van der Waals surface area contributed by atoms with Crippen LogP contribution in [0.2, 0.25) is 0 Å². The number of nitrogens with zero attached hydrogens (tertiary/aromatic N) is 1. The van der Waals surface area contributed by atoms with Crippen molar-refractivity contribution in [3.63, 3.8) is 0 Å². The Hall–Kier alpha value is -1.46. The fraction of sp³-hybridized carbons (Fsp3) is 0. The zero-order valence-corrected chi connectivity index (χ0v) is 7.18. The normalized spacial score (nSPS) is 10.5. The second-order valence-electron chi connectivity index (χ2n) is 2.98. The van der Waals surface area contributed by atoms with Crippen LogP contribution in [0.25, 0.3) is 10.9 Å². The molecule has 0 radical (unpaired) electrons. The molecule has 0 saturated carbocycles. The molecule has 1 heterocycles. The molecular weight excluding hydrogens is 184 g/mol. The number of aromatic nitrogens is 1.